The van der Waals surface area contributed by atoms with E-state index in [1.807, 2.05) is 60.7 Å². The number of hydrogen-bond acceptors (Lipinski definition) is 3. The quantitative estimate of drug-likeness (QED) is 0.534. The highest BCUT2D eigenvalue weighted by Crippen LogP contribution is 2.35. The molecule has 0 spiro atoms. The second-order valence-corrected chi connectivity index (χ2v) is 4.86. The predicted molar refractivity (Wildman–Crippen MR) is 83.5 cm³/mol. The first-order valence-electron chi connectivity index (χ1n) is 6.78. The third-order valence-electron chi connectivity index (χ3n) is 3.59. The standard InChI is InChI=1S/C18H13NO2/c1-20-15-11-13-9-5-6-10-14(13)17-16(15)19-18(21-17)12-7-3-2-4-8-12/h2-11H,1H3. The Labute approximate surface area is 121 Å². The van der Waals surface area contributed by atoms with E-state index in [4.69, 9.17) is 9.15 Å². The van der Waals surface area contributed by atoms with E-state index in [9.17, 15) is 0 Å². The van der Waals surface area contributed by atoms with E-state index < -0.39 is 0 Å². The highest BCUT2D eigenvalue weighted by Gasteiger charge is 2.15. The van der Waals surface area contributed by atoms with Gasteiger partial charge < -0.3 is 9.15 Å². The summed E-state index contributed by atoms with van der Waals surface area (Å²) in [6.07, 6.45) is 0. The number of nitrogens with zero attached hydrogens (tertiary/aromatic N) is 1. The highest BCUT2D eigenvalue weighted by atomic mass is 16.5. The summed E-state index contributed by atoms with van der Waals surface area (Å²) in [7, 11) is 1.65. The van der Waals surface area contributed by atoms with Gasteiger partial charge in [-0.05, 0) is 23.6 Å². The Hall–Kier alpha value is -2.81. The highest BCUT2D eigenvalue weighted by molar-refractivity contribution is 6.06. The minimum absolute atomic E-state index is 0.611. The molecular weight excluding hydrogens is 262 g/mol. The fourth-order valence-electron chi connectivity index (χ4n) is 2.57. The van der Waals surface area contributed by atoms with Crippen molar-refractivity contribution in [3.63, 3.8) is 0 Å². The van der Waals surface area contributed by atoms with Crippen LogP contribution in [0.2, 0.25) is 0 Å². The molecule has 1 heterocycles. The number of benzene rings is 3. The number of fused-ring (bicyclic) bond motifs is 3. The maximum atomic E-state index is 6.02. The maximum Gasteiger partial charge on any atom is 0.227 e. The SMILES string of the molecule is COc1cc2ccccc2c2oc(-c3ccccc3)nc12. The molecule has 0 saturated carbocycles. The van der Waals surface area contributed by atoms with E-state index in [-0.39, 0.29) is 0 Å². The van der Waals surface area contributed by atoms with Crippen LogP contribution in [-0.2, 0) is 0 Å². The molecule has 0 aliphatic heterocycles. The second kappa shape index (κ2) is 4.63. The average Bonchev–Trinajstić information content (AvgIpc) is 3.00. The van der Waals surface area contributed by atoms with E-state index >= 15 is 0 Å². The minimum atomic E-state index is 0.611. The lowest BCUT2D eigenvalue weighted by Crippen LogP contribution is -1.85. The molecule has 0 fully saturated rings. The van der Waals surface area contributed by atoms with E-state index in [1.165, 1.54) is 0 Å². The zero-order valence-corrected chi connectivity index (χ0v) is 11.5. The van der Waals surface area contributed by atoms with Gasteiger partial charge in [-0.15, -0.1) is 0 Å². The summed E-state index contributed by atoms with van der Waals surface area (Å²) in [4.78, 5) is 4.61. The zero-order chi connectivity index (χ0) is 14.2. The van der Waals surface area contributed by atoms with Crippen LogP contribution in [0.5, 0.6) is 5.75 Å². The topological polar surface area (TPSA) is 35.3 Å². The van der Waals surface area contributed by atoms with Gasteiger partial charge in [-0.1, -0.05) is 42.5 Å². The van der Waals surface area contributed by atoms with Crippen LogP contribution >= 0.6 is 0 Å². The molecule has 0 N–H and O–H groups in total. The van der Waals surface area contributed by atoms with Gasteiger partial charge in [0.05, 0.1) is 7.11 Å². The summed E-state index contributed by atoms with van der Waals surface area (Å²) in [6, 6.07) is 20.0. The van der Waals surface area contributed by atoms with Crippen molar-refractivity contribution in [1.82, 2.24) is 4.98 Å². The second-order valence-electron chi connectivity index (χ2n) is 4.86. The molecule has 0 amide bonds. The fourth-order valence-corrected chi connectivity index (χ4v) is 2.57. The van der Waals surface area contributed by atoms with Crippen molar-refractivity contribution >= 4 is 21.9 Å². The fraction of sp³-hybridized carbons (Fsp3) is 0.0556. The Morgan fingerprint density at radius 3 is 2.52 bits per heavy atom. The molecule has 0 radical (unpaired) electrons. The lowest BCUT2D eigenvalue weighted by atomic mass is 10.1. The van der Waals surface area contributed by atoms with Crippen LogP contribution in [-0.4, -0.2) is 12.1 Å². The summed E-state index contributed by atoms with van der Waals surface area (Å²) in [6.45, 7) is 0. The minimum Gasteiger partial charge on any atom is -0.494 e. The first kappa shape index (κ1) is 12.0. The first-order valence-corrected chi connectivity index (χ1v) is 6.78. The summed E-state index contributed by atoms with van der Waals surface area (Å²) in [5.74, 6) is 1.34. The lowest BCUT2D eigenvalue weighted by Gasteiger charge is -2.03. The van der Waals surface area contributed by atoms with Crippen LogP contribution in [0.25, 0.3) is 33.3 Å². The monoisotopic (exact) mass is 275 g/mol. The zero-order valence-electron chi connectivity index (χ0n) is 11.5. The van der Waals surface area contributed by atoms with E-state index in [1.54, 1.807) is 7.11 Å². The molecule has 3 heteroatoms. The van der Waals surface area contributed by atoms with E-state index in [0.29, 0.717) is 5.89 Å². The molecule has 0 unspecified atom stereocenters. The number of aromatic nitrogens is 1. The van der Waals surface area contributed by atoms with Crippen molar-refractivity contribution in [2.24, 2.45) is 0 Å². The number of oxazole rings is 1. The van der Waals surface area contributed by atoms with Gasteiger partial charge in [-0.3, -0.25) is 0 Å². The molecule has 0 aliphatic carbocycles. The third kappa shape index (κ3) is 1.86. The Balaban J connectivity index is 2.08. The van der Waals surface area contributed by atoms with Crippen LogP contribution in [0.3, 0.4) is 0 Å². The predicted octanol–water partition coefficient (Wildman–Crippen LogP) is 4.66. The van der Waals surface area contributed by atoms with Crippen molar-refractivity contribution in [1.29, 1.82) is 0 Å². The molecule has 4 aromatic rings. The van der Waals surface area contributed by atoms with Crippen LogP contribution in [0.15, 0.2) is 65.1 Å². The van der Waals surface area contributed by atoms with Crippen molar-refractivity contribution < 1.29 is 9.15 Å². The lowest BCUT2D eigenvalue weighted by molar-refractivity contribution is 0.419. The van der Waals surface area contributed by atoms with Gasteiger partial charge in [0.15, 0.2) is 11.1 Å². The van der Waals surface area contributed by atoms with Crippen molar-refractivity contribution in [2.75, 3.05) is 7.11 Å². The maximum absolute atomic E-state index is 6.02. The molecule has 3 nitrogen and oxygen atoms in total. The van der Waals surface area contributed by atoms with Crippen LogP contribution < -0.4 is 4.74 Å². The van der Waals surface area contributed by atoms with Crippen molar-refractivity contribution in [3.05, 3.63) is 60.7 Å². The molecule has 3 aromatic carbocycles. The average molecular weight is 275 g/mol. The van der Waals surface area contributed by atoms with Crippen molar-refractivity contribution in [2.45, 2.75) is 0 Å². The summed E-state index contributed by atoms with van der Waals surface area (Å²) in [5.41, 5.74) is 2.48. The molecule has 0 atom stereocenters. The van der Waals surface area contributed by atoms with Gasteiger partial charge in [0.2, 0.25) is 5.89 Å². The summed E-state index contributed by atoms with van der Waals surface area (Å²) >= 11 is 0. The molecule has 102 valence electrons. The van der Waals surface area contributed by atoms with Gasteiger partial charge in [0.1, 0.15) is 5.75 Å². The number of hydrogen-bond donors (Lipinski definition) is 0. The Morgan fingerprint density at radius 2 is 1.71 bits per heavy atom. The van der Waals surface area contributed by atoms with Gasteiger partial charge in [0.25, 0.3) is 0 Å². The molecule has 0 bridgehead atoms. The molecule has 0 saturated heterocycles. The van der Waals surface area contributed by atoms with E-state index in [2.05, 4.69) is 4.98 Å². The van der Waals surface area contributed by atoms with Crippen LogP contribution in [0.4, 0.5) is 0 Å². The van der Waals surface area contributed by atoms with Gasteiger partial charge in [-0.2, -0.15) is 0 Å². The van der Waals surface area contributed by atoms with Crippen LogP contribution in [0, 0.1) is 0 Å². The molecular formula is C18H13NO2. The third-order valence-corrected chi connectivity index (χ3v) is 3.59. The Bertz CT molecular complexity index is 926. The summed E-state index contributed by atoms with van der Waals surface area (Å²) < 4.78 is 11.5. The Kier molecular flexibility index (Phi) is 2.64. The first-order chi connectivity index (χ1) is 10.4. The van der Waals surface area contributed by atoms with E-state index in [0.717, 1.165) is 33.2 Å². The number of methoxy groups -OCH3 is 1. The normalized spacial score (nSPS) is 11.1. The van der Waals surface area contributed by atoms with Gasteiger partial charge in [-0.25, -0.2) is 4.98 Å². The summed E-state index contributed by atoms with van der Waals surface area (Å²) in [5, 5.41) is 2.13. The smallest absolute Gasteiger partial charge is 0.227 e. The molecule has 21 heavy (non-hydrogen) atoms. The number of rotatable bonds is 2. The van der Waals surface area contributed by atoms with Crippen molar-refractivity contribution in [3.8, 4) is 17.2 Å². The molecule has 1 aromatic heterocycles. The molecule has 0 aliphatic rings. The van der Waals surface area contributed by atoms with Crippen LogP contribution in [0.1, 0.15) is 0 Å². The van der Waals surface area contributed by atoms with Gasteiger partial charge in [0, 0.05) is 10.9 Å². The Morgan fingerprint density at radius 1 is 0.952 bits per heavy atom. The van der Waals surface area contributed by atoms with Gasteiger partial charge >= 0.3 is 0 Å². The number of ether oxygens (including phenoxy) is 1. The largest absolute Gasteiger partial charge is 0.494 e. The molecule has 4 rings (SSSR count).